The summed E-state index contributed by atoms with van der Waals surface area (Å²) < 4.78 is 0. The third-order valence-electron chi connectivity index (χ3n) is 4.79. The Morgan fingerprint density at radius 2 is 2.04 bits per heavy atom. The van der Waals surface area contributed by atoms with E-state index in [1.807, 2.05) is 24.3 Å². The molecule has 0 radical (unpaired) electrons. The summed E-state index contributed by atoms with van der Waals surface area (Å²) in [5.74, 6) is -0.246. The number of hydrogen-bond donors (Lipinski definition) is 3. The molecule has 0 aromatic heterocycles. The van der Waals surface area contributed by atoms with Gasteiger partial charge in [-0.15, -0.1) is 0 Å². The fourth-order valence-electron chi connectivity index (χ4n) is 3.61. The largest absolute Gasteiger partial charge is 0.375 e. The molecule has 4 N–H and O–H groups in total. The highest BCUT2D eigenvalue weighted by Gasteiger charge is 2.33. The summed E-state index contributed by atoms with van der Waals surface area (Å²) in [7, 11) is 2.09. The van der Waals surface area contributed by atoms with Gasteiger partial charge in [0.25, 0.3) is 5.91 Å². The minimum absolute atomic E-state index is 0.0275. The lowest BCUT2D eigenvalue weighted by Gasteiger charge is -2.29. The third kappa shape index (κ3) is 2.85. The van der Waals surface area contributed by atoms with Crippen LogP contribution in [0.2, 0.25) is 0 Å². The van der Waals surface area contributed by atoms with E-state index in [-0.39, 0.29) is 11.0 Å². The molecule has 2 aliphatic rings. The van der Waals surface area contributed by atoms with E-state index < -0.39 is 0 Å². The highest BCUT2D eigenvalue weighted by atomic mass is 32.1. The normalized spacial score (nSPS) is 17.6. The van der Waals surface area contributed by atoms with Gasteiger partial charge in [0.1, 0.15) is 0 Å². The average molecular weight is 365 g/mol. The van der Waals surface area contributed by atoms with Crippen LogP contribution >= 0.6 is 12.2 Å². The van der Waals surface area contributed by atoms with Crippen LogP contribution in [0.5, 0.6) is 0 Å². The lowest BCUT2D eigenvalue weighted by atomic mass is 9.87. The number of amides is 1. The van der Waals surface area contributed by atoms with Gasteiger partial charge in [-0.1, -0.05) is 30.3 Å². The molecule has 2 aromatic rings. The zero-order valence-electron chi connectivity index (χ0n) is 14.4. The molecule has 0 fully saturated rings. The number of hydrazone groups is 1. The fraction of sp³-hybridized carbons (Fsp3) is 0.211. The quantitative estimate of drug-likeness (QED) is 0.559. The topological polar surface area (TPSA) is 82.8 Å². The van der Waals surface area contributed by atoms with E-state index in [0.29, 0.717) is 5.71 Å². The number of rotatable bonds is 2. The number of nitrogens with one attached hydrogen (secondary N) is 2. The van der Waals surface area contributed by atoms with Gasteiger partial charge in [0.2, 0.25) is 0 Å². The van der Waals surface area contributed by atoms with Crippen molar-refractivity contribution in [3.63, 3.8) is 0 Å². The van der Waals surface area contributed by atoms with E-state index in [2.05, 4.69) is 39.9 Å². The van der Waals surface area contributed by atoms with Crippen molar-refractivity contribution >= 4 is 34.6 Å². The van der Waals surface area contributed by atoms with Crippen molar-refractivity contribution in [2.45, 2.75) is 13.0 Å². The van der Waals surface area contributed by atoms with Crippen LogP contribution in [0.3, 0.4) is 0 Å². The molecule has 2 aliphatic heterocycles. The first-order valence-electron chi connectivity index (χ1n) is 8.42. The van der Waals surface area contributed by atoms with Gasteiger partial charge in [0.05, 0.1) is 5.69 Å². The summed E-state index contributed by atoms with van der Waals surface area (Å²) in [4.78, 5) is 14.7. The standard InChI is InChI=1S/C19H19N5OS/c1-24-8-7-12-13(11-5-3-2-4-6-11)9-14-16(15(12)10-24)21-18(25)17(14)22-23-19(20)26/h2-6,9H,7-8,10H2,1H3,(H3,20,23,26)(H,21,22,25). The number of nitrogens with two attached hydrogens (primary N) is 1. The predicted molar refractivity (Wildman–Crippen MR) is 107 cm³/mol. The summed E-state index contributed by atoms with van der Waals surface area (Å²) in [6.45, 7) is 1.78. The number of thiocarbonyl (C=S) groups is 1. The fourth-order valence-corrected chi connectivity index (χ4v) is 3.66. The van der Waals surface area contributed by atoms with Crippen molar-refractivity contribution in [3.05, 3.63) is 53.1 Å². The first kappa shape index (κ1) is 16.7. The maximum atomic E-state index is 12.5. The molecule has 0 unspecified atom stereocenters. The van der Waals surface area contributed by atoms with Gasteiger partial charge < -0.3 is 16.0 Å². The van der Waals surface area contributed by atoms with Crippen molar-refractivity contribution < 1.29 is 4.79 Å². The van der Waals surface area contributed by atoms with Gasteiger partial charge in [-0.3, -0.25) is 10.2 Å². The summed E-state index contributed by atoms with van der Waals surface area (Å²) in [6, 6.07) is 12.3. The Hall–Kier alpha value is -2.77. The Bertz CT molecular complexity index is 939. The molecule has 7 heteroatoms. The van der Waals surface area contributed by atoms with E-state index in [9.17, 15) is 4.79 Å². The van der Waals surface area contributed by atoms with Crippen LogP contribution in [0.1, 0.15) is 16.7 Å². The summed E-state index contributed by atoms with van der Waals surface area (Å²) in [5, 5.41) is 7.13. The number of likely N-dealkylation sites (N-methyl/N-ethyl adjacent to an activating group) is 1. The van der Waals surface area contributed by atoms with Crippen LogP contribution in [0.4, 0.5) is 5.69 Å². The molecule has 1 amide bonds. The average Bonchev–Trinajstić information content (AvgIpc) is 2.95. The lowest BCUT2D eigenvalue weighted by molar-refractivity contribution is -0.110. The Kier molecular flexibility index (Phi) is 4.18. The van der Waals surface area contributed by atoms with E-state index in [0.717, 1.165) is 47.5 Å². The minimum atomic E-state index is -0.246. The molecular formula is C19H19N5OS. The molecule has 2 heterocycles. The first-order chi connectivity index (χ1) is 12.5. The molecular weight excluding hydrogens is 346 g/mol. The second-order valence-corrected chi connectivity index (χ2v) is 6.99. The van der Waals surface area contributed by atoms with Crippen LogP contribution in [-0.4, -0.2) is 35.2 Å². The van der Waals surface area contributed by atoms with Crippen LogP contribution in [0.25, 0.3) is 11.1 Å². The van der Waals surface area contributed by atoms with Crippen LogP contribution in [-0.2, 0) is 17.8 Å². The number of carbonyl (C=O) groups excluding carboxylic acids is 1. The number of hydrogen-bond acceptors (Lipinski definition) is 4. The van der Waals surface area contributed by atoms with Crippen LogP contribution < -0.4 is 16.5 Å². The second-order valence-electron chi connectivity index (χ2n) is 6.55. The van der Waals surface area contributed by atoms with Crippen LogP contribution in [0, 0.1) is 0 Å². The summed E-state index contributed by atoms with van der Waals surface area (Å²) in [5.41, 5.74) is 14.7. The van der Waals surface area contributed by atoms with E-state index in [4.69, 9.17) is 18.0 Å². The van der Waals surface area contributed by atoms with Crippen molar-refractivity contribution in [3.8, 4) is 11.1 Å². The third-order valence-corrected chi connectivity index (χ3v) is 4.88. The molecule has 0 saturated carbocycles. The minimum Gasteiger partial charge on any atom is -0.375 e. The van der Waals surface area contributed by atoms with Gasteiger partial charge >= 0.3 is 0 Å². The highest BCUT2D eigenvalue weighted by molar-refractivity contribution is 7.80. The Balaban J connectivity index is 1.93. The molecule has 0 spiro atoms. The van der Waals surface area contributed by atoms with Gasteiger partial charge in [0.15, 0.2) is 10.8 Å². The number of benzene rings is 2. The molecule has 2 aromatic carbocycles. The summed E-state index contributed by atoms with van der Waals surface area (Å²) >= 11 is 4.80. The summed E-state index contributed by atoms with van der Waals surface area (Å²) in [6.07, 6.45) is 0.941. The van der Waals surface area contributed by atoms with E-state index in [1.165, 1.54) is 5.56 Å². The van der Waals surface area contributed by atoms with E-state index in [1.54, 1.807) is 0 Å². The maximum absolute atomic E-state index is 12.5. The van der Waals surface area contributed by atoms with Gasteiger partial charge in [-0.25, -0.2) is 0 Å². The van der Waals surface area contributed by atoms with Crippen molar-refractivity contribution in [2.75, 3.05) is 18.9 Å². The molecule has 132 valence electrons. The van der Waals surface area contributed by atoms with Crippen LogP contribution in [0.15, 0.2) is 41.5 Å². The zero-order chi connectivity index (χ0) is 18.3. The highest BCUT2D eigenvalue weighted by Crippen LogP contribution is 2.39. The van der Waals surface area contributed by atoms with E-state index >= 15 is 0 Å². The number of carbonyl (C=O) groups is 1. The SMILES string of the molecule is CN1CCc2c(-c3ccccc3)cc3c(c2C1)NC(=O)/C3=N/NC(N)=S. The predicted octanol–water partition coefficient (Wildman–Crippen LogP) is 1.83. The zero-order valence-corrected chi connectivity index (χ0v) is 15.2. The smallest absolute Gasteiger partial charge is 0.276 e. The number of nitrogens with zero attached hydrogens (tertiary/aromatic N) is 2. The lowest BCUT2D eigenvalue weighted by Crippen LogP contribution is -2.27. The van der Waals surface area contributed by atoms with Gasteiger partial charge in [-0.2, -0.15) is 5.10 Å². The molecule has 4 rings (SSSR count). The Morgan fingerprint density at radius 3 is 2.77 bits per heavy atom. The van der Waals surface area contributed by atoms with Crippen molar-refractivity contribution in [1.82, 2.24) is 10.3 Å². The molecule has 26 heavy (non-hydrogen) atoms. The molecule has 0 bridgehead atoms. The molecule has 6 nitrogen and oxygen atoms in total. The van der Waals surface area contributed by atoms with Gasteiger partial charge in [0, 0.05) is 18.7 Å². The maximum Gasteiger partial charge on any atom is 0.276 e. The van der Waals surface area contributed by atoms with Crippen molar-refractivity contribution in [1.29, 1.82) is 0 Å². The van der Waals surface area contributed by atoms with Gasteiger partial charge in [-0.05, 0) is 54.0 Å². The number of anilines is 1. The molecule has 0 saturated heterocycles. The second kappa shape index (κ2) is 6.51. The number of fused-ring (bicyclic) bond motifs is 3. The Labute approximate surface area is 157 Å². The molecule has 0 atom stereocenters. The monoisotopic (exact) mass is 365 g/mol. The Morgan fingerprint density at radius 1 is 1.27 bits per heavy atom. The molecule has 0 aliphatic carbocycles. The van der Waals surface area contributed by atoms with Crippen molar-refractivity contribution in [2.24, 2.45) is 10.8 Å². The first-order valence-corrected chi connectivity index (χ1v) is 8.83.